The number of piperidine rings is 1. The summed E-state index contributed by atoms with van der Waals surface area (Å²) in [5.74, 6) is 1.01. The number of carbonyl (C=O) groups is 1. The quantitative estimate of drug-likeness (QED) is 0.921. The average molecular weight is 306 g/mol. The molecule has 1 fully saturated rings. The van der Waals surface area contributed by atoms with Crippen LogP contribution in [0.5, 0.6) is 5.88 Å². The molecule has 2 aromatic rings. The van der Waals surface area contributed by atoms with Crippen LogP contribution in [0.15, 0.2) is 24.8 Å². The highest BCUT2D eigenvalue weighted by atomic mass is 32.1. The van der Waals surface area contributed by atoms with Gasteiger partial charge in [-0.2, -0.15) is 8.75 Å². The van der Waals surface area contributed by atoms with Gasteiger partial charge in [-0.15, -0.1) is 0 Å². The van der Waals surface area contributed by atoms with Crippen molar-refractivity contribution in [2.75, 3.05) is 18.4 Å². The van der Waals surface area contributed by atoms with E-state index in [-0.39, 0.29) is 12.1 Å². The first-order chi connectivity index (χ1) is 10.3. The summed E-state index contributed by atoms with van der Waals surface area (Å²) >= 11 is 1.06. The lowest BCUT2D eigenvalue weighted by Crippen LogP contribution is -2.43. The average Bonchev–Trinajstić information content (AvgIpc) is 3.02. The number of anilines is 1. The molecule has 3 heterocycles. The maximum absolute atomic E-state index is 12.0. The second-order valence-electron chi connectivity index (χ2n) is 4.57. The Bertz CT molecular complexity index is 571. The number of ether oxygens (including phenoxy) is 1. The summed E-state index contributed by atoms with van der Waals surface area (Å²) in [5.41, 5.74) is 0. The molecule has 2 amide bonds. The molecule has 21 heavy (non-hydrogen) atoms. The Kier molecular flexibility index (Phi) is 4.20. The van der Waals surface area contributed by atoms with Gasteiger partial charge in [-0.3, -0.25) is 10.3 Å². The van der Waals surface area contributed by atoms with Gasteiger partial charge in [0, 0.05) is 38.3 Å². The lowest BCUT2D eigenvalue weighted by molar-refractivity contribution is 0.111. The number of amides is 2. The zero-order valence-corrected chi connectivity index (χ0v) is 12.0. The van der Waals surface area contributed by atoms with Crippen molar-refractivity contribution >= 4 is 23.6 Å². The van der Waals surface area contributed by atoms with Gasteiger partial charge in [0.2, 0.25) is 5.88 Å². The van der Waals surface area contributed by atoms with E-state index in [0.29, 0.717) is 24.8 Å². The molecular formula is C12H14N6O2S. The number of hydrogen-bond donors (Lipinski definition) is 1. The van der Waals surface area contributed by atoms with Crippen molar-refractivity contribution in [2.45, 2.75) is 18.9 Å². The lowest BCUT2D eigenvalue weighted by Gasteiger charge is -2.31. The number of rotatable bonds is 3. The van der Waals surface area contributed by atoms with Crippen molar-refractivity contribution in [3.05, 3.63) is 24.8 Å². The van der Waals surface area contributed by atoms with E-state index in [0.717, 1.165) is 24.6 Å². The first-order valence-electron chi connectivity index (χ1n) is 6.57. The van der Waals surface area contributed by atoms with E-state index in [1.165, 1.54) is 6.20 Å². The Balaban J connectivity index is 1.47. The molecule has 2 aromatic heterocycles. The molecule has 0 saturated carbocycles. The number of carbonyl (C=O) groups excluding carboxylic acids is 1. The van der Waals surface area contributed by atoms with Gasteiger partial charge in [-0.05, 0) is 0 Å². The predicted molar refractivity (Wildman–Crippen MR) is 76.2 cm³/mol. The third kappa shape index (κ3) is 3.63. The summed E-state index contributed by atoms with van der Waals surface area (Å²) in [5, 5.41) is 2.72. The molecule has 0 aliphatic carbocycles. The Morgan fingerprint density at radius 2 is 2.19 bits per heavy atom. The van der Waals surface area contributed by atoms with E-state index in [2.05, 4.69) is 24.0 Å². The summed E-state index contributed by atoms with van der Waals surface area (Å²) in [6.45, 7) is 1.27. The van der Waals surface area contributed by atoms with E-state index >= 15 is 0 Å². The SMILES string of the molecule is O=C(Nc1cnsn1)N1CCC(Oc2cnccn2)CC1. The standard InChI is InChI=1S/C12H14N6O2S/c19-12(16-10-7-15-21-17-10)18-5-1-9(2-6-18)20-11-8-13-3-4-14-11/h3-4,7-9H,1-2,5-6H2,(H,16,17,19). The van der Waals surface area contributed by atoms with Crippen LogP contribution in [0.4, 0.5) is 10.6 Å². The molecule has 9 heteroatoms. The molecule has 1 aliphatic heterocycles. The van der Waals surface area contributed by atoms with Crippen LogP contribution in [0.25, 0.3) is 0 Å². The second-order valence-corrected chi connectivity index (χ2v) is 5.13. The van der Waals surface area contributed by atoms with Crippen LogP contribution >= 0.6 is 11.7 Å². The summed E-state index contributed by atoms with van der Waals surface area (Å²) in [6, 6.07) is -0.152. The molecule has 0 aromatic carbocycles. The number of aromatic nitrogens is 4. The second kappa shape index (κ2) is 6.44. The molecule has 1 N–H and O–H groups in total. The number of likely N-dealkylation sites (tertiary alicyclic amines) is 1. The van der Waals surface area contributed by atoms with Gasteiger partial charge in [-0.1, -0.05) is 0 Å². The molecule has 0 unspecified atom stereocenters. The Morgan fingerprint density at radius 1 is 1.33 bits per heavy atom. The molecule has 0 atom stereocenters. The fourth-order valence-electron chi connectivity index (χ4n) is 2.10. The fourth-order valence-corrected chi connectivity index (χ4v) is 2.48. The van der Waals surface area contributed by atoms with Gasteiger partial charge in [0.25, 0.3) is 0 Å². The van der Waals surface area contributed by atoms with Gasteiger partial charge in [-0.25, -0.2) is 9.78 Å². The summed E-state index contributed by atoms with van der Waals surface area (Å²) in [7, 11) is 0. The minimum Gasteiger partial charge on any atom is -0.473 e. The van der Waals surface area contributed by atoms with Gasteiger partial charge in [0.15, 0.2) is 5.82 Å². The van der Waals surface area contributed by atoms with Crippen molar-refractivity contribution in [1.29, 1.82) is 0 Å². The third-order valence-corrected chi connectivity index (χ3v) is 3.63. The van der Waals surface area contributed by atoms with Gasteiger partial charge < -0.3 is 9.64 Å². The normalized spacial score (nSPS) is 15.7. The van der Waals surface area contributed by atoms with Crippen molar-refractivity contribution in [2.24, 2.45) is 0 Å². The lowest BCUT2D eigenvalue weighted by atomic mass is 10.1. The molecule has 0 radical (unpaired) electrons. The van der Waals surface area contributed by atoms with Gasteiger partial charge >= 0.3 is 6.03 Å². The highest BCUT2D eigenvalue weighted by Gasteiger charge is 2.24. The maximum Gasteiger partial charge on any atom is 0.323 e. The van der Waals surface area contributed by atoms with Crippen LogP contribution in [-0.2, 0) is 0 Å². The van der Waals surface area contributed by atoms with Crippen molar-refractivity contribution in [3.8, 4) is 5.88 Å². The Labute approximate surface area is 125 Å². The summed E-state index contributed by atoms with van der Waals surface area (Å²) < 4.78 is 13.5. The van der Waals surface area contributed by atoms with E-state index in [4.69, 9.17) is 4.74 Å². The molecular weight excluding hydrogens is 292 g/mol. The van der Waals surface area contributed by atoms with Crippen molar-refractivity contribution < 1.29 is 9.53 Å². The molecule has 1 aliphatic rings. The Morgan fingerprint density at radius 3 is 2.86 bits per heavy atom. The van der Waals surface area contributed by atoms with Crippen molar-refractivity contribution in [3.63, 3.8) is 0 Å². The van der Waals surface area contributed by atoms with Gasteiger partial charge in [0.05, 0.1) is 24.1 Å². The van der Waals surface area contributed by atoms with Crippen LogP contribution < -0.4 is 10.1 Å². The Hall–Kier alpha value is -2.29. The first kappa shape index (κ1) is 13.7. The maximum atomic E-state index is 12.0. The predicted octanol–water partition coefficient (Wildman–Crippen LogP) is 1.40. The highest BCUT2D eigenvalue weighted by molar-refractivity contribution is 6.99. The van der Waals surface area contributed by atoms with Crippen LogP contribution in [0.3, 0.4) is 0 Å². The summed E-state index contributed by atoms with van der Waals surface area (Å²) in [6.07, 6.45) is 7.92. The van der Waals surface area contributed by atoms with E-state index in [1.54, 1.807) is 23.5 Å². The van der Waals surface area contributed by atoms with Crippen LogP contribution in [0.1, 0.15) is 12.8 Å². The summed E-state index contributed by atoms with van der Waals surface area (Å²) in [4.78, 5) is 21.8. The zero-order chi connectivity index (χ0) is 14.5. The van der Waals surface area contributed by atoms with Crippen molar-refractivity contribution in [1.82, 2.24) is 23.6 Å². The number of hydrogen-bond acceptors (Lipinski definition) is 7. The molecule has 8 nitrogen and oxygen atoms in total. The smallest absolute Gasteiger partial charge is 0.323 e. The first-order valence-corrected chi connectivity index (χ1v) is 7.30. The zero-order valence-electron chi connectivity index (χ0n) is 11.2. The molecule has 3 rings (SSSR count). The molecule has 110 valence electrons. The van der Waals surface area contributed by atoms with Crippen LogP contribution in [-0.4, -0.2) is 48.8 Å². The molecule has 0 spiro atoms. The minimum absolute atomic E-state index is 0.0617. The van der Waals surface area contributed by atoms with Crippen LogP contribution in [0, 0.1) is 0 Å². The molecule has 1 saturated heterocycles. The number of urea groups is 1. The molecule has 0 bridgehead atoms. The largest absolute Gasteiger partial charge is 0.473 e. The van der Waals surface area contributed by atoms with E-state index < -0.39 is 0 Å². The number of nitrogens with zero attached hydrogens (tertiary/aromatic N) is 5. The number of nitrogens with one attached hydrogen (secondary N) is 1. The third-order valence-electron chi connectivity index (χ3n) is 3.15. The highest BCUT2D eigenvalue weighted by Crippen LogP contribution is 2.17. The minimum atomic E-state index is -0.152. The fraction of sp³-hybridized carbons (Fsp3) is 0.417. The van der Waals surface area contributed by atoms with Crippen LogP contribution in [0.2, 0.25) is 0 Å². The van der Waals surface area contributed by atoms with Gasteiger partial charge in [0.1, 0.15) is 6.10 Å². The van der Waals surface area contributed by atoms with E-state index in [9.17, 15) is 4.79 Å². The van der Waals surface area contributed by atoms with E-state index in [1.807, 2.05) is 0 Å². The monoisotopic (exact) mass is 306 g/mol. The topological polar surface area (TPSA) is 93.1 Å².